The summed E-state index contributed by atoms with van der Waals surface area (Å²) in [5.41, 5.74) is 6.77. The molecule has 1 aromatic heterocycles. The first-order valence-electron chi connectivity index (χ1n) is 6.25. The Balaban J connectivity index is 2.93. The minimum absolute atomic E-state index is 0.0974. The highest BCUT2D eigenvalue weighted by atomic mass is 15.1. The van der Waals surface area contributed by atoms with Crippen molar-refractivity contribution in [2.45, 2.75) is 33.1 Å². The number of hydrogen-bond donors (Lipinski definition) is 2. The predicted octanol–water partition coefficient (Wildman–Crippen LogP) is 1.64. The van der Waals surface area contributed by atoms with Gasteiger partial charge in [-0.1, -0.05) is 20.8 Å². The smallest absolute Gasteiger partial charge is 0.138 e. The van der Waals surface area contributed by atoms with Crippen LogP contribution in [0.3, 0.4) is 0 Å². The number of nitrogens with zero attached hydrogens (tertiary/aromatic N) is 3. The number of anilines is 2. The van der Waals surface area contributed by atoms with Crippen molar-refractivity contribution in [2.24, 2.45) is 0 Å². The minimum atomic E-state index is -0.0974. The average molecular weight is 251 g/mol. The normalized spacial score (nSPS) is 11.9. The van der Waals surface area contributed by atoms with E-state index in [0.717, 1.165) is 30.3 Å². The summed E-state index contributed by atoms with van der Waals surface area (Å²) in [7, 11) is 4.09. The minimum Gasteiger partial charge on any atom is -0.383 e. The summed E-state index contributed by atoms with van der Waals surface area (Å²) in [5, 5.41) is 3.32. The second kappa shape index (κ2) is 5.52. The molecule has 0 aromatic carbocycles. The summed E-state index contributed by atoms with van der Waals surface area (Å²) in [6.45, 7) is 9.99. The fraction of sp³-hybridized carbons (Fsp3) is 0.692. The lowest BCUT2D eigenvalue weighted by Crippen LogP contribution is -2.23. The summed E-state index contributed by atoms with van der Waals surface area (Å²) >= 11 is 0. The van der Waals surface area contributed by atoms with Crippen LogP contribution in [0.2, 0.25) is 0 Å². The molecular formula is C13H25N5. The van der Waals surface area contributed by atoms with Crippen molar-refractivity contribution < 1.29 is 0 Å². The predicted molar refractivity (Wildman–Crippen MR) is 76.9 cm³/mol. The Morgan fingerprint density at radius 1 is 1.22 bits per heavy atom. The van der Waals surface area contributed by atoms with E-state index in [0.29, 0.717) is 5.82 Å². The molecule has 102 valence electrons. The molecule has 0 radical (unpaired) electrons. The van der Waals surface area contributed by atoms with Crippen molar-refractivity contribution in [2.75, 3.05) is 38.2 Å². The van der Waals surface area contributed by atoms with Crippen LogP contribution in [0.25, 0.3) is 0 Å². The molecule has 0 spiro atoms. The van der Waals surface area contributed by atoms with Crippen LogP contribution in [-0.4, -0.2) is 42.1 Å². The van der Waals surface area contributed by atoms with Crippen LogP contribution < -0.4 is 11.1 Å². The van der Waals surface area contributed by atoms with E-state index in [1.54, 1.807) is 0 Å². The Labute approximate surface area is 110 Å². The molecule has 0 unspecified atom stereocenters. The van der Waals surface area contributed by atoms with E-state index in [-0.39, 0.29) is 5.41 Å². The topological polar surface area (TPSA) is 67.1 Å². The fourth-order valence-corrected chi connectivity index (χ4v) is 1.44. The number of hydrogen-bond acceptors (Lipinski definition) is 5. The molecule has 0 amide bonds. The lowest BCUT2D eigenvalue weighted by molar-refractivity contribution is 0.425. The molecule has 18 heavy (non-hydrogen) atoms. The lowest BCUT2D eigenvalue weighted by atomic mass is 9.95. The van der Waals surface area contributed by atoms with Crippen molar-refractivity contribution >= 4 is 11.6 Å². The lowest BCUT2D eigenvalue weighted by Gasteiger charge is -2.20. The molecule has 5 nitrogen and oxygen atoms in total. The van der Waals surface area contributed by atoms with Crippen LogP contribution in [-0.2, 0) is 5.41 Å². The largest absolute Gasteiger partial charge is 0.383 e. The van der Waals surface area contributed by atoms with Crippen LogP contribution >= 0.6 is 0 Å². The SMILES string of the molecule is Cc1c(N)nc(C(C)(C)C)nc1NCCN(C)C. The van der Waals surface area contributed by atoms with Gasteiger partial charge in [0.05, 0.1) is 0 Å². The number of nitrogen functional groups attached to an aromatic ring is 1. The molecule has 1 aromatic rings. The number of rotatable bonds is 4. The monoisotopic (exact) mass is 251 g/mol. The van der Waals surface area contributed by atoms with Crippen molar-refractivity contribution in [3.63, 3.8) is 0 Å². The van der Waals surface area contributed by atoms with Crippen LogP contribution in [0.4, 0.5) is 11.6 Å². The van der Waals surface area contributed by atoms with Gasteiger partial charge in [-0.2, -0.15) is 0 Å². The summed E-state index contributed by atoms with van der Waals surface area (Å²) in [5.74, 6) is 2.18. The standard InChI is InChI=1S/C13H25N5/c1-9-10(14)16-12(13(2,3)4)17-11(9)15-7-8-18(5)6/h7-8H2,1-6H3,(H3,14,15,16,17). The third-order valence-corrected chi connectivity index (χ3v) is 2.71. The number of nitrogens with two attached hydrogens (primary N) is 1. The zero-order valence-corrected chi connectivity index (χ0v) is 12.3. The summed E-state index contributed by atoms with van der Waals surface area (Å²) in [4.78, 5) is 11.1. The molecule has 0 aliphatic heterocycles. The van der Waals surface area contributed by atoms with Crippen molar-refractivity contribution in [3.8, 4) is 0 Å². The van der Waals surface area contributed by atoms with Gasteiger partial charge in [0.15, 0.2) is 0 Å². The van der Waals surface area contributed by atoms with E-state index in [4.69, 9.17) is 5.73 Å². The van der Waals surface area contributed by atoms with E-state index < -0.39 is 0 Å². The molecule has 0 saturated heterocycles. The van der Waals surface area contributed by atoms with Crippen molar-refractivity contribution in [1.29, 1.82) is 0 Å². The summed E-state index contributed by atoms with van der Waals surface area (Å²) in [6.07, 6.45) is 0. The first-order valence-corrected chi connectivity index (χ1v) is 6.25. The van der Waals surface area contributed by atoms with E-state index in [1.807, 2.05) is 21.0 Å². The Morgan fingerprint density at radius 3 is 2.33 bits per heavy atom. The second-order valence-electron chi connectivity index (χ2n) is 5.89. The fourth-order valence-electron chi connectivity index (χ4n) is 1.44. The highest BCUT2D eigenvalue weighted by molar-refractivity contribution is 5.55. The number of likely N-dealkylation sites (N-methyl/N-ethyl adjacent to an activating group) is 1. The first-order chi connectivity index (χ1) is 8.21. The van der Waals surface area contributed by atoms with Gasteiger partial charge in [0.2, 0.25) is 0 Å². The van der Waals surface area contributed by atoms with E-state index in [9.17, 15) is 0 Å². The van der Waals surface area contributed by atoms with Crippen LogP contribution in [0.5, 0.6) is 0 Å². The van der Waals surface area contributed by atoms with Gasteiger partial charge in [-0.25, -0.2) is 9.97 Å². The van der Waals surface area contributed by atoms with Gasteiger partial charge in [0.1, 0.15) is 17.5 Å². The highest BCUT2D eigenvalue weighted by Crippen LogP contribution is 2.24. The van der Waals surface area contributed by atoms with Gasteiger partial charge in [0, 0.05) is 24.1 Å². The Morgan fingerprint density at radius 2 is 1.83 bits per heavy atom. The third-order valence-electron chi connectivity index (χ3n) is 2.71. The van der Waals surface area contributed by atoms with Gasteiger partial charge in [-0.05, 0) is 21.0 Å². The Hall–Kier alpha value is -1.36. The highest BCUT2D eigenvalue weighted by Gasteiger charge is 2.20. The van der Waals surface area contributed by atoms with Crippen LogP contribution in [0, 0.1) is 6.92 Å². The van der Waals surface area contributed by atoms with Gasteiger partial charge in [-0.15, -0.1) is 0 Å². The van der Waals surface area contributed by atoms with E-state index in [1.165, 1.54) is 0 Å². The Bertz CT molecular complexity index is 407. The van der Waals surface area contributed by atoms with Crippen molar-refractivity contribution in [1.82, 2.24) is 14.9 Å². The molecule has 5 heteroatoms. The zero-order valence-electron chi connectivity index (χ0n) is 12.3. The number of nitrogens with one attached hydrogen (secondary N) is 1. The van der Waals surface area contributed by atoms with E-state index in [2.05, 4.69) is 41.0 Å². The first kappa shape index (κ1) is 14.7. The van der Waals surface area contributed by atoms with E-state index >= 15 is 0 Å². The zero-order chi connectivity index (χ0) is 13.9. The molecule has 1 heterocycles. The molecule has 3 N–H and O–H groups in total. The second-order valence-corrected chi connectivity index (χ2v) is 5.89. The molecule has 0 bridgehead atoms. The van der Waals surface area contributed by atoms with Crippen LogP contribution in [0.1, 0.15) is 32.2 Å². The summed E-state index contributed by atoms with van der Waals surface area (Å²) < 4.78 is 0. The molecule has 0 atom stereocenters. The number of aromatic nitrogens is 2. The molecule has 0 aliphatic rings. The molecule has 1 rings (SSSR count). The molecule has 0 fully saturated rings. The van der Waals surface area contributed by atoms with Gasteiger partial charge in [0.25, 0.3) is 0 Å². The maximum Gasteiger partial charge on any atom is 0.138 e. The maximum atomic E-state index is 5.95. The van der Waals surface area contributed by atoms with Crippen LogP contribution in [0.15, 0.2) is 0 Å². The summed E-state index contributed by atoms with van der Waals surface area (Å²) in [6, 6.07) is 0. The molecule has 0 saturated carbocycles. The average Bonchev–Trinajstić information content (AvgIpc) is 2.22. The third kappa shape index (κ3) is 3.84. The maximum absolute atomic E-state index is 5.95. The molecular weight excluding hydrogens is 226 g/mol. The van der Waals surface area contributed by atoms with Gasteiger partial charge < -0.3 is 16.0 Å². The molecule has 0 aliphatic carbocycles. The van der Waals surface area contributed by atoms with Crippen molar-refractivity contribution in [3.05, 3.63) is 11.4 Å². The quantitative estimate of drug-likeness (QED) is 0.851. The van der Waals surface area contributed by atoms with Gasteiger partial charge in [-0.3, -0.25) is 0 Å². The Kier molecular flexibility index (Phi) is 4.51. The van der Waals surface area contributed by atoms with Gasteiger partial charge >= 0.3 is 0 Å².